The second kappa shape index (κ2) is 11.9. The molecule has 1 rings (SSSR count). The van der Waals surface area contributed by atoms with Crippen LogP contribution >= 0.6 is 0 Å². The van der Waals surface area contributed by atoms with Crippen LogP contribution in [-0.4, -0.2) is 52.0 Å². The van der Waals surface area contributed by atoms with E-state index in [1.54, 1.807) is 26.0 Å². The lowest BCUT2D eigenvalue weighted by Crippen LogP contribution is -2.50. The number of phenolic OH excluding ortho intramolecular Hbond substituents is 1. The SMILES string of the molecule is CCC(=O)N[C@@H](C)C(=O)N[C@@H](C)C(=O)Nc1cc(C[C@H](N)C[C@H](C)C(=O)O)ccc1O. The van der Waals surface area contributed by atoms with Gasteiger partial charge in [0.15, 0.2) is 0 Å². The van der Waals surface area contributed by atoms with Crippen LogP contribution in [0.3, 0.4) is 0 Å². The molecule has 0 fully saturated rings. The first kappa shape index (κ1) is 25.9. The molecule has 7 N–H and O–H groups in total. The topological polar surface area (TPSA) is 171 Å². The first-order chi connectivity index (χ1) is 14.4. The number of carbonyl (C=O) groups is 4. The van der Waals surface area contributed by atoms with Gasteiger partial charge < -0.3 is 31.9 Å². The van der Waals surface area contributed by atoms with Gasteiger partial charge in [0.2, 0.25) is 17.7 Å². The molecule has 0 unspecified atom stereocenters. The molecule has 0 saturated heterocycles. The average molecular weight is 437 g/mol. The first-order valence-electron chi connectivity index (χ1n) is 10.1. The summed E-state index contributed by atoms with van der Waals surface area (Å²) in [4.78, 5) is 46.9. The number of amides is 3. The second-order valence-electron chi connectivity index (χ2n) is 7.65. The Labute approximate surface area is 181 Å². The molecule has 1 aromatic rings. The Bertz CT molecular complexity index is 813. The van der Waals surface area contributed by atoms with Crippen molar-refractivity contribution in [3.8, 4) is 5.75 Å². The summed E-state index contributed by atoms with van der Waals surface area (Å²) in [5.74, 6) is -3.02. The number of aliphatic carboxylic acids is 1. The Morgan fingerprint density at radius 2 is 1.65 bits per heavy atom. The highest BCUT2D eigenvalue weighted by Gasteiger charge is 2.22. The minimum absolute atomic E-state index is 0.148. The summed E-state index contributed by atoms with van der Waals surface area (Å²) in [6.45, 7) is 6.23. The maximum atomic E-state index is 12.4. The van der Waals surface area contributed by atoms with Crippen molar-refractivity contribution in [2.75, 3.05) is 5.32 Å². The van der Waals surface area contributed by atoms with Gasteiger partial charge in [0, 0.05) is 12.5 Å². The molecule has 0 aliphatic rings. The van der Waals surface area contributed by atoms with E-state index in [4.69, 9.17) is 10.8 Å². The number of benzene rings is 1. The summed E-state index contributed by atoms with van der Waals surface area (Å²) in [6, 6.07) is 2.47. The predicted molar refractivity (Wildman–Crippen MR) is 115 cm³/mol. The van der Waals surface area contributed by atoms with Crippen molar-refractivity contribution in [2.24, 2.45) is 11.7 Å². The highest BCUT2D eigenvalue weighted by atomic mass is 16.4. The van der Waals surface area contributed by atoms with E-state index < -0.39 is 41.8 Å². The lowest BCUT2D eigenvalue weighted by atomic mass is 9.96. The summed E-state index contributed by atoms with van der Waals surface area (Å²) in [5, 5.41) is 26.6. The van der Waals surface area contributed by atoms with Gasteiger partial charge in [-0.15, -0.1) is 0 Å². The van der Waals surface area contributed by atoms with Crippen LogP contribution in [0.15, 0.2) is 18.2 Å². The van der Waals surface area contributed by atoms with Crippen LogP contribution in [0.2, 0.25) is 0 Å². The van der Waals surface area contributed by atoms with Crippen molar-refractivity contribution in [3.05, 3.63) is 23.8 Å². The number of carboxylic acid groups (broad SMARTS) is 1. The van der Waals surface area contributed by atoms with Crippen molar-refractivity contribution in [3.63, 3.8) is 0 Å². The van der Waals surface area contributed by atoms with Crippen molar-refractivity contribution < 1.29 is 29.4 Å². The molecule has 0 aliphatic heterocycles. The number of phenols is 1. The van der Waals surface area contributed by atoms with Gasteiger partial charge in [-0.25, -0.2) is 0 Å². The van der Waals surface area contributed by atoms with Gasteiger partial charge >= 0.3 is 5.97 Å². The van der Waals surface area contributed by atoms with E-state index in [9.17, 15) is 24.3 Å². The molecule has 1 aromatic carbocycles. The van der Waals surface area contributed by atoms with E-state index in [2.05, 4.69) is 16.0 Å². The molecule has 3 amide bonds. The van der Waals surface area contributed by atoms with Crippen molar-refractivity contribution in [1.82, 2.24) is 10.6 Å². The molecule has 0 radical (unpaired) electrons. The predicted octanol–water partition coefficient (Wildman–Crippen LogP) is 0.731. The highest BCUT2D eigenvalue weighted by Crippen LogP contribution is 2.25. The van der Waals surface area contributed by atoms with Crippen molar-refractivity contribution in [2.45, 2.75) is 65.1 Å². The van der Waals surface area contributed by atoms with Crippen LogP contribution in [0.4, 0.5) is 5.69 Å². The number of hydrogen-bond acceptors (Lipinski definition) is 6. The zero-order valence-electron chi connectivity index (χ0n) is 18.3. The monoisotopic (exact) mass is 436 g/mol. The molecule has 172 valence electrons. The fraction of sp³-hybridized carbons (Fsp3) is 0.524. The maximum absolute atomic E-state index is 12.4. The summed E-state index contributed by atoms with van der Waals surface area (Å²) in [7, 11) is 0. The number of carbonyl (C=O) groups excluding carboxylic acids is 3. The largest absolute Gasteiger partial charge is 0.506 e. The van der Waals surface area contributed by atoms with Gasteiger partial charge in [0.25, 0.3) is 0 Å². The van der Waals surface area contributed by atoms with Gasteiger partial charge in [-0.1, -0.05) is 19.9 Å². The van der Waals surface area contributed by atoms with Crippen LogP contribution in [-0.2, 0) is 25.6 Å². The molecule has 4 atom stereocenters. The molecule has 0 aliphatic carbocycles. The van der Waals surface area contributed by atoms with Gasteiger partial charge in [0.05, 0.1) is 11.6 Å². The van der Waals surface area contributed by atoms with Crippen LogP contribution in [0, 0.1) is 5.92 Å². The number of nitrogens with one attached hydrogen (secondary N) is 3. The Hall–Kier alpha value is -3.14. The summed E-state index contributed by atoms with van der Waals surface area (Å²) < 4.78 is 0. The Morgan fingerprint density at radius 1 is 1.03 bits per heavy atom. The van der Waals surface area contributed by atoms with Crippen LogP contribution < -0.4 is 21.7 Å². The van der Waals surface area contributed by atoms with Crippen LogP contribution in [0.25, 0.3) is 0 Å². The molecular weight excluding hydrogens is 404 g/mol. The molecule has 0 bridgehead atoms. The minimum atomic E-state index is -0.922. The van der Waals surface area contributed by atoms with E-state index in [0.717, 1.165) is 0 Å². The summed E-state index contributed by atoms with van der Waals surface area (Å²) in [6.07, 6.45) is 0.886. The Balaban J connectivity index is 2.73. The van der Waals surface area contributed by atoms with E-state index >= 15 is 0 Å². The van der Waals surface area contributed by atoms with E-state index in [0.29, 0.717) is 12.0 Å². The molecule has 31 heavy (non-hydrogen) atoms. The van der Waals surface area contributed by atoms with Crippen LogP contribution in [0.5, 0.6) is 5.75 Å². The van der Waals surface area contributed by atoms with Crippen LogP contribution in [0.1, 0.15) is 46.1 Å². The quantitative estimate of drug-likeness (QED) is 0.278. The molecule has 0 spiro atoms. The van der Waals surface area contributed by atoms with E-state index in [1.165, 1.54) is 19.9 Å². The Kier molecular flexibility index (Phi) is 9.94. The molecule has 0 saturated carbocycles. The molecule has 10 nitrogen and oxygen atoms in total. The summed E-state index contributed by atoms with van der Waals surface area (Å²) in [5.41, 5.74) is 6.88. The van der Waals surface area contributed by atoms with Gasteiger partial charge in [0.1, 0.15) is 17.8 Å². The number of anilines is 1. The number of rotatable bonds is 11. The number of nitrogens with two attached hydrogens (primary N) is 1. The van der Waals surface area contributed by atoms with Gasteiger partial charge in [-0.3, -0.25) is 19.2 Å². The number of hydrogen-bond donors (Lipinski definition) is 6. The number of carboxylic acids is 1. The maximum Gasteiger partial charge on any atom is 0.306 e. The molecule has 10 heteroatoms. The molecule has 0 aromatic heterocycles. The normalized spacial score (nSPS) is 14.6. The second-order valence-corrected chi connectivity index (χ2v) is 7.65. The molecular formula is C21H32N4O6. The lowest BCUT2D eigenvalue weighted by Gasteiger charge is -2.19. The van der Waals surface area contributed by atoms with Crippen molar-refractivity contribution in [1.29, 1.82) is 0 Å². The fourth-order valence-corrected chi connectivity index (χ4v) is 2.81. The smallest absolute Gasteiger partial charge is 0.306 e. The van der Waals surface area contributed by atoms with Crippen molar-refractivity contribution >= 4 is 29.4 Å². The highest BCUT2D eigenvalue weighted by molar-refractivity contribution is 5.99. The third kappa shape index (κ3) is 8.63. The average Bonchev–Trinajstić information content (AvgIpc) is 2.69. The third-order valence-electron chi connectivity index (χ3n) is 4.74. The standard InChI is InChI=1S/C21H32N4O6/c1-5-18(27)23-12(3)19(28)24-13(4)20(29)25-16-10-14(6-7-17(16)26)9-15(22)8-11(2)21(30)31/h6-7,10-13,15,26H,5,8-9,22H2,1-4H3,(H,23,27)(H,24,28)(H,25,29)(H,30,31)/t11-,12-,13-,15+/m0/s1. The fourth-order valence-electron chi connectivity index (χ4n) is 2.81. The zero-order valence-corrected chi connectivity index (χ0v) is 18.3. The lowest BCUT2D eigenvalue weighted by molar-refractivity contribution is -0.141. The first-order valence-corrected chi connectivity index (χ1v) is 10.1. The third-order valence-corrected chi connectivity index (χ3v) is 4.74. The van der Waals surface area contributed by atoms with E-state index in [-0.39, 0.29) is 30.2 Å². The number of aromatic hydroxyl groups is 1. The van der Waals surface area contributed by atoms with Gasteiger partial charge in [-0.2, -0.15) is 0 Å². The van der Waals surface area contributed by atoms with Gasteiger partial charge in [-0.05, 0) is 44.4 Å². The summed E-state index contributed by atoms with van der Waals surface area (Å²) >= 11 is 0. The zero-order chi connectivity index (χ0) is 23.7. The van der Waals surface area contributed by atoms with E-state index in [1.807, 2.05) is 0 Å². The molecule has 0 heterocycles. The minimum Gasteiger partial charge on any atom is -0.506 e. The Morgan fingerprint density at radius 3 is 2.23 bits per heavy atom.